The molecule has 2 aromatic rings. The fourth-order valence-electron chi connectivity index (χ4n) is 2.92. The molecule has 0 aliphatic carbocycles. The smallest absolute Gasteiger partial charge is 0.132 e. The van der Waals surface area contributed by atoms with Crippen molar-refractivity contribution in [3.63, 3.8) is 0 Å². The molecule has 1 aromatic heterocycles. The number of anilines is 1. The Kier molecular flexibility index (Phi) is 4.09. The van der Waals surface area contributed by atoms with Gasteiger partial charge < -0.3 is 10.3 Å². The third-order valence-corrected chi connectivity index (χ3v) is 3.72. The number of benzene rings is 1. The van der Waals surface area contributed by atoms with Crippen LogP contribution in [0.5, 0.6) is 0 Å². The fraction of sp³-hybridized carbons (Fsp3) is 0.389. The first-order valence-electron chi connectivity index (χ1n) is 7.24. The van der Waals surface area contributed by atoms with Crippen molar-refractivity contribution in [1.29, 1.82) is 0 Å². The van der Waals surface area contributed by atoms with Crippen LogP contribution in [0.4, 0.5) is 5.82 Å². The summed E-state index contributed by atoms with van der Waals surface area (Å²) in [6.07, 6.45) is 5.47. The maximum absolute atomic E-state index is 6.34. The lowest BCUT2D eigenvalue weighted by atomic mass is 9.97. The van der Waals surface area contributed by atoms with Crippen molar-refractivity contribution in [2.75, 3.05) is 5.73 Å². The average Bonchev–Trinajstić information content (AvgIpc) is 2.68. The van der Waals surface area contributed by atoms with Gasteiger partial charge in [0.05, 0.1) is 6.54 Å². The molecule has 1 heterocycles. The third kappa shape index (κ3) is 2.67. The summed E-state index contributed by atoms with van der Waals surface area (Å²) in [4.78, 5) is 4.79. The van der Waals surface area contributed by atoms with Crippen molar-refractivity contribution in [3.05, 3.63) is 34.6 Å². The van der Waals surface area contributed by atoms with Crippen molar-refractivity contribution >= 4 is 5.82 Å². The SMILES string of the molecule is C#CCn1c(C(C)C)nc(-c2c(C)cc(C)cc2C)c1N. The Morgan fingerprint density at radius 2 is 1.81 bits per heavy atom. The van der Waals surface area contributed by atoms with E-state index < -0.39 is 0 Å². The van der Waals surface area contributed by atoms with Crippen LogP contribution in [0.1, 0.15) is 42.3 Å². The summed E-state index contributed by atoms with van der Waals surface area (Å²) in [5.41, 5.74) is 12.0. The Balaban J connectivity index is 2.72. The normalized spacial score (nSPS) is 10.9. The summed E-state index contributed by atoms with van der Waals surface area (Å²) in [6, 6.07) is 4.33. The number of aryl methyl sites for hydroxylation is 3. The van der Waals surface area contributed by atoms with Crippen LogP contribution in [0.25, 0.3) is 11.3 Å². The van der Waals surface area contributed by atoms with Crippen LogP contribution in [-0.4, -0.2) is 9.55 Å². The molecular weight excluding hydrogens is 258 g/mol. The molecule has 2 N–H and O–H groups in total. The summed E-state index contributed by atoms with van der Waals surface area (Å²) in [5, 5.41) is 0. The Morgan fingerprint density at radius 3 is 2.29 bits per heavy atom. The Hall–Kier alpha value is -2.21. The van der Waals surface area contributed by atoms with E-state index in [0.29, 0.717) is 12.4 Å². The first-order valence-corrected chi connectivity index (χ1v) is 7.24. The highest BCUT2D eigenvalue weighted by molar-refractivity contribution is 5.77. The predicted octanol–water partition coefficient (Wildman–Crippen LogP) is 3.81. The summed E-state index contributed by atoms with van der Waals surface area (Å²) in [6.45, 7) is 11.0. The van der Waals surface area contributed by atoms with E-state index in [9.17, 15) is 0 Å². The second kappa shape index (κ2) is 5.65. The van der Waals surface area contributed by atoms with Gasteiger partial charge in [-0.05, 0) is 31.9 Å². The van der Waals surface area contributed by atoms with Crippen LogP contribution in [0.15, 0.2) is 12.1 Å². The number of hydrogen-bond donors (Lipinski definition) is 1. The molecule has 2 rings (SSSR count). The third-order valence-electron chi connectivity index (χ3n) is 3.72. The molecule has 0 saturated carbocycles. The average molecular weight is 281 g/mol. The molecule has 3 heteroatoms. The molecule has 0 unspecified atom stereocenters. The molecule has 0 spiro atoms. The number of nitrogens with zero attached hydrogens (tertiary/aromatic N) is 2. The number of rotatable bonds is 3. The van der Waals surface area contributed by atoms with Crippen molar-refractivity contribution in [2.45, 2.75) is 47.1 Å². The summed E-state index contributed by atoms with van der Waals surface area (Å²) in [5.74, 6) is 4.55. The van der Waals surface area contributed by atoms with Gasteiger partial charge in [-0.25, -0.2) is 4.98 Å². The van der Waals surface area contributed by atoms with E-state index in [1.165, 1.54) is 16.7 Å². The molecule has 21 heavy (non-hydrogen) atoms. The quantitative estimate of drug-likeness (QED) is 0.869. The summed E-state index contributed by atoms with van der Waals surface area (Å²) in [7, 11) is 0. The van der Waals surface area contributed by atoms with Crippen LogP contribution in [-0.2, 0) is 6.54 Å². The Bertz CT molecular complexity index is 692. The number of terminal acetylenes is 1. The molecule has 0 amide bonds. The zero-order valence-corrected chi connectivity index (χ0v) is 13.5. The van der Waals surface area contributed by atoms with E-state index in [-0.39, 0.29) is 5.92 Å². The van der Waals surface area contributed by atoms with E-state index in [1.807, 2.05) is 4.57 Å². The molecule has 0 fully saturated rings. The molecule has 0 atom stereocenters. The molecule has 0 aliphatic rings. The minimum atomic E-state index is 0.278. The minimum absolute atomic E-state index is 0.278. The maximum Gasteiger partial charge on any atom is 0.132 e. The molecule has 1 aromatic carbocycles. The summed E-state index contributed by atoms with van der Waals surface area (Å²) >= 11 is 0. The van der Waals surface area contributed by atoms with Gasteiger partial charge in [-0.1, -0.05) is 37.5 Å². The zero-order chi connectivity index (χ0) is 15.7. The van der Waals surface area contributed by atoms with Gasteiger partial charge in [0.15, 0.2) is 0 Å². The van der Waals surface area contributed by atoms with E-state index in [0.717, 1.165) is 17.1 Å². The van der Waals surface area contributed by atoms with Gasteiger partial charge in [0.25, 0.3) is 0 Å². The monoisotopic (exact) mass is 281 g/mol. The van der Waals surface area contributed by atoms with Gasteiger partial charge >= 0.3 is 0 Å². The highest BCUT2D eigenvalue weighted by Crippen LogP contribution is 2.34. The lowest BCUT2D eigenvalue weighted by Crippen LogP contribution is -2.07. The number of hydrogen-bond acceptors (Lipinski definition) is 2. The second-order valence-electron chi connectivity index (χ2n) is 5.92. The van der Waals surface area contributed by atoms with Crippen LogP contribution < -0.4 is 5.73 Å². The lowest BCUT2D eigenvalue weighted by molar-refractivity contribution is 0.691. The molecule has 0 saturated heterocycles. The number of nitrogens with two attached hydrogens (primary N) is 1. The number of imidazole rings is 1. The van der Waals surface area contributed by atoms with Crippen LogP contribution in [0, 0.1) is 33.1 Å². The highest BCUT2D eigenvalue weighted by atomic mass is 15.1. The second-order valence-corrected chi connectivity index (χ2v) is 5.92. The maximum atomic E-state index is 6.34. The van der Waals surface area contributed by atoms with E-state index in [4.69, 9.17) is 17.1 Å². The first-order chi connectivity index (χ1) is 9.86. The van der Waals surface area contributed by atoms with Crippen molar-refractivity contribution in [2.24, 2.45) is 0 Å². The standard InChI is InChI=1S/C18H23N3/c1-7-8-21-17(19)16(20-18(21)11(2)3)15-13(5)9-12(4)10-14(15)6/h1,9-11H,8,19H2,2-6H3. The van der Waals surface area contributed by atoms with Gasteiger partial charge in [0, 0.05) is 11.5 Å². The Labute approximate surface area is 127 Å². The van der Waals surface area contributed by atoms with Gasteiger partial charge in [-0.3, -0.25) is 0 Å². The first kappa shape index (κ1) is 15.2. The topological polar surface area (TPSA) is 43.8 Å². The Morgan fingerprint density at radius 1 is 1.24 bits per heavy atom. The van der Waals surface area contributed by atoms with Crippen molar-refractivity contribution in [1.82, 2.24) is 9.55 Å². The van der Waals surface area contributed by atoms with Gasteiger partial charge in [0.1, 0.15) is 17.3 Å². The highest BCUT2D eigenvalue weighted by Gasteiger charge is 2.20. The lowest BCUT2D eigenvalue weighted by Gasteiger charge is -2.10. The van der Waals surface area contributed by atoms with Crippen LogP contribution >= 0.6 is 0 Å². The van der Waals surface area contributed by atoms with E-state index in [1.54, 1.807) is 0 Å². The molecule has 0 aliphatic heterocycles. The fourth-order valence-corrected chi connectivity index (χ4v) is 2.92. The summed E-state index contributed by atoms with van der Waals surface area (Å²) < 4.78 is 1.94. The molecule has 0 bridgehead atoms. The largest absolute Gasteiger partial charge is 0.383 e. The van der Waals surface area contributed by atoms with Gasteiger partial charge in [0.2, 0.25) is 0 Å². The predicted molar refractivity (Wildman–Crippen MR) is 89.2 cm³/mol. The van der Waals surface area contributed by atoms with Crippen LogP contribution in [0.2, 0.25) is 0 Å². The van der Waals surface area contributed by atoms with Crippen molar-refractivity contribution in [3.8, 4) is 23.6 Å². The zero-order valence-electron chi connectivity index (χ0n) is 13.5. The van der Waals surface area contributed by atoms with Crippen molar-refractivity contribution < 1.29 is 0 Å². The minimum Gasteiger partial charge on any atom is -0.383 e. The van der Waals surface area contributed by atoms with Gasteiger partial charge in [-0.2, -0.15) is 0 Å². The molecule has 110 valence electrons. The number of nitrogen functional groups attached to an aromatic ring is 1. The van der Waals surface area contributed by atoms with Crippen LogP contribution in [0.3, 0.4) is 0 Å². The molecule has 3 nitrogen and oxygen atoms in total. The molecular formula is C18H23N3. The van der Waals surface area contributed by atoms with E-state index >= 15 is 0 Å². The number of aromatic nitrogens is 2. The molecule has 0 radical (unpaired) electrons. The van der Waals surface area contributed by atoms with E-state index in [2.05, 4.69) is 52.7 Å². The van der Waals surface area contributed by atoms with Gasteiger partial charge in [-0.15, -0.1) is 6.42 Å².